The average Bonchev–Trinajstić information content (AvgIpc) is 2.69. The van der Waals surface area contributed by atoms with Crippen molar-refractivity contribution in [3.8, 4) is 5.75 Å². The van der Waals surface area contributed by atoms with Crippen LogP contribution in [0.5, 0.6) is 5.75 Å². The van der Waals surface area contributed by atoms with Gasteiger partial charge < -0.3 is 21.1 Å². The molecule has 12 heteroatoms. The van der Waals surface area contributed by atoms with E-state index >= 15 is 0 Å². The molecule has 0 heterocycles. The maximum absolute atomic E-state index is 12.1. The summed E-state index contributed by atoms with van der Waals surface area (Å²) in [5, 5.41) is 16.6. The van der Waals surface area contributed by atoms with E-state index in [1.54, 1.807) is 0 Å². The Bertz CT molecular complexity index is 1050. The third kappa shape index (κ3) is 6.44. The van der Waals surface area contributed by atoms with Gasteiger partial charge in [0.05, 0.1) is 9.82 Å². The SMILES string of the molecule is CS(=O)(=O)c1ccc(NCCNC(=O)c2ccc(OCC(N)=O)cc2)c([N+](=O)[O-])c1. The van der Waals surface area contributed by atoms with E-state index < -0.39 is 20.7 Å². The molecule has 2 rings (SSSR count). The minimum absolute atomic E-state index is 0.137. The lowest BCUT2D eigenvalue weighted by molar-refractivity contribution is -0.384. The molecule has 11 nitrogen and oxygen atoms in total. The minimum Gasteiger partial charge on any atom is -0.484 e. The number of benzene rings is 2. The molecule has 0 saturated carbocycles. The second-order valence-electron chi connectivity index (χ2n) is 6.17. The third-order valence-corrected chi connectivity index (χ3v) is 4.93. The van der Waals surface area contributed by atoms with E-state index in [4.69, 9.17) is 10.5 Å². The number of anilines is 1. The molecule has 0 bridgehead atoms. The van der Waals surface area contributed by atoms with Gasteiger partial charge in [-0.25, -0.2) is 8.42 Å². The zero-order valence-electron chi connectivity index (χ0n) is 16.0. The van der Waals surface area contributed by atoms with Crippen molar-refractivity contribution in [2.75, 3.05) is 31.3 Å². The summed E-state index contributed by atoms with van der Waals surface area (Å²) in [4.78, 5) is 33.2. The molecule has 160 valence electrons. The molecule has 0 aliphatic heterocycles. The summed E-state index contributed by atoms with van der Waals surface area (Å²) in [5.41, 5.74) is 5.09. The predicted octanol–water partition coefficient (Wildman–Crippen LogP) is 0.704. The van der Waals surface area contributed by atoms with Gasteiger partial charge in [-0.1, -0.05) is 0 Å². The molecule has 0 fully saturated rings. The first kappa shape index (κ1) is 22.6. The van der Waals surface area contributed by atoms with Crippen LogP contribution in [0.15, 0.2) is 47.4 Å². The zero-order valence-corrected chi connectivity index (χ0v) is 16.8. The highest BCUT2D eigenvalue weighted by Gasteiger charge is 2.18. The van der Waals surface area contributed by atoms with Crippen molar-refractivity contribution in [2.45, 2.75) is 4.90 Å². The number of carbonyl (C=O) groups is 2. The number of sulfone groups is 1. The number of amides is 2. The Kier molecular flexibility index (Phi) is 7.31. The number of primary amides is 1. The van der Waals surface area contributed by atoms with Gasteiger partial charge in [-0.15, -0.1) is 0 Å². The summed E-state index contributed by atoms with van der Waals surface area (Å²) < 4.78 is 28.2. The Hall–Kier alpha value is -3.67. The average molecular weight is 436 g/mol. The van der Waals surface area contributed by atoms with Gasteiger partial charge in [-0.3, -0.25) is 19.7 Å². The van der Waals surface area contributed by atoms with Crippen LogP contribution in [0.25, 0.3) is 0 Å². The van der Waals surface area contributed by atoms with Crippen LogP contribution in [0.2, 0.25) is 0 Å². The fraction of sp³-hybridized carbons (Fsp3) is 0.222. The number of hydrogen-bond acceptors (Lipinski definition) is 8. The Morgan fingerprint density at radius 3 is 2.37 bits per heavy atom. The van der Waals surface area contributed by atoms with Gasteiger partial charge >= 0.3 is 0 Å². The molecule has 30 heavy (non-hydrogen) atoms. The van der Waals surface area contributed by atoms with Crippen LogP contribution in [0.3, 0.4) is 0 Å². The molecule has 0 unspecified atom stereocenters. The number of nitrogens with one attached hydrogen (secondary N) is 2. The van der Waals surface area contributed by atoms with Gasteiger partial charge in [-0.2, -0.15) is 0 Å². The first-order valence-electron chi connectivity index (χ1n) is 8.59. The second-order valence-corrected chi connectivity index (χ2v) is 8.19. The molecule has 0 radical (unpaired) electrons. The van der Waals surface area contributed by atoms with E-state index in [-0.39, 0.29) is 41.9 Å². The number of rotatable bonds is 10. The molecule has 0 atom stereocenters. The highest BCUT2D eigenvalue weighted by molar-refractivity contribution is 7.90. The minimum atomic E-state index is -3.57. The standard InChI is InChI=1S/C18H20N4O7S/c1-30(27,28)14-6-7-15(16(10-14)22(25)26)20-8-9-21-18(24)12-2-4-13(5-3-12)29-11-17(19)23/h2-7,10,20H,8-9,11H2,1H3,(H2,19,23)(H,21,24). The molecule has 0 saturated heterocycles. The van der Waals surface area contributed by atoms with E-state index in [1.807, 2.05) is 0 Å². The zero-order chi connectivity index (χ0) is 22.3. The second kappa shape index (κ2) is 9.69. The summed E-state index contributed by atoms with van der Waals surface area (Å²) >= 11 is 0. The highest BCUT2D eigenvalue weighted by atomic mass is 32.2. The molecular formula is C18H20N4O7S. The molecule has 2 aromatic carbocycles. The molecule has 2 aromatic rings. The summed E-state index contributed by atoms with van der Waals surface area (Å²) in [6, 6.07) is 9.61. The van der Waals surface area contributed by atoms with Gasteiger partial charge in [0, 0.05) is 31.0 Å². The van der Waals surface area contributed by atoms with E-state index in [1.165, 1.54) is 36.4 Å². The Balaban J connectivity index is 1.91. The fourth-order valence-electron chi connectivity index (χ4n) is 2.37. The number of nitrogens with zero attached hydrogens (tertiary/aromatic N) is 1. The lowest BCUT2D eigenvalue weighted by Crippen LogP contribution is -2.28. The quantitative estimate of drug-likeness (QED) is 0.277. The maximum Gasteiger partial charge on any atom is 0.293 e. The van der Waals surface area contributed by atoms with Gasteiger partial charge in [0.1, 0.15) is 11.4 Å². The topological polar surface area (TPSA) is 171 Å². The van der Waals surface area contributed by atoms with E-state index in [0.29, 0.717) is 11.3 Å². The van der Waals surface area contributed by atoms with Crippen molar-refractivity contribution < 1.29 is 27.7 Å². The largest absolute Gasteiger partial charge is 0.484 e. The van der Waals surface area contributed by atoms with E-state index in [0.717, 1.165) is 12.3 Å². The van der Waals surface area contributed by atoms with Crippen LogP contribution in [-0.4, -0.2) is 51.1 Å². The van der Waals surface area contributed by atoms with E-state index in [2.05, 4.69) is 10.6 Å². The lowest BCUT2D eigenvalue weighted by Gasteiger charge is -2.10. The van der Waals surface area contributed by atoms with Gasteiger partial charge in [0.15, 0.2) is 16.4 Å². The smallest absolute Gasteiger partial charge is 0.293 e. The summed E-state index contributed by atoms with van der Waals surface area (Å²) in [7, 11) is -3.57. The summed E-state index contributed by atoms with van der Waals surface area (Å²) in [6.45, 7) is 0.0584. The molecule has 4 N–H and O–H groups in total. The van der Waals surface area contributed by atoms with E-state index in [9.17, 15) is 28.1 Å². The number of ether oxygens (including phenoxy) is 1. The predicted molar refractivity (Wildman–Crippen MR) is 108 cm³/mol. The van der Waals surface area contributed by atoms with Gasteiger partial charge in [0.25, 0.3) is 17.5 Å². The molecule has 2 amide bonds. The number of nitro benzene ring substituents is 1. The van der Waals surface area contributed by atoms with Crippen LogP contribution >= 0.6 is 0 Å². The van der Waals surface area contributed by atoms with Crippen LogP contribution in [0.1, 0.15) is 10.4 Å². The molecule has 0 aromatic heterocycles. The van der Waals surface area contributed by atoms with Crippen LogP contribution < -0.4 is 21.1 Å². The van der Waals surface area contributed by atoms with Crippen molar-refractivity contribution in [1.29, 1.82) is 0 Å². The normalized spacial score (nSPS) is 10.8. The lowest BCUT2D eigenvalue weighted by atomic mass is 10.2. The maximum atomic E-state index is 12.1. The van der Waals surface area contributed by atoms with Crippen LogP contribution in [-0.2, 0) is 14.6 Å². The van der Waals surface area contributed by atoms with Gasteiger partial charge in [-0.05, 0) is 36.4 Å². The van der Waals surface area contributed by atoms with Crippen molar-refractivity contribution in [1.82, 2.24) is 5.32 Å². The van der Waals surface area contributed by atoms with Crippen molar-refractivity contribution in [2.24, 2.45) is 5.73 Å². The van der Waals surface area contributed by atoms with Gasteiger partial charge in [0.2, 0.25) is 0 Å². The number of hydrogen-bond donors (Lipinski definition) is 3. The molecular weight excluding hydrogens is 416 g/mol. The molecule has 0 aliphatic rings. The highest BCUT2D eigenvalue weighted by Crippen LogP contribution is 2.27. The Labute approximate surface area is 172 Å². The van der Waals surface area contributed by atoms with Crippen molar-refractivity contribution >= 4 is 33.0 Å². The molecule has 0 spiro atoms. The third-order valence-electron chi connectivity index (χ3n) is 3.82. The fourth-order valence-corrected chi connectivity index (χ4v) is 3.02. The van der Waals surface area contributed by atoms with Crippen molar-refractivity contribution in [3.63, 3.8) is 0 Å². The van der Waals surface area contributed by atoms with Crippen LogP contribution in [0, 0.1) is 10.1 Å². The van der Waals surface area contributed by atoms with Crippen molar-refractivity contribution in [3.05, 3.63) is 58.1 Å². The molecule has 0 aliphatic carbocycles. The number of nitrogens with two attached hydrogens (primary N) is 1. The monoisotopic (exact) mass is 436 g/mol. The summed E-state index contributed by atoms with van der Waals surface area (Å²) in [6.07, 6.45) is 0.963. The number of nitro groups is 1. The summed E-state index contributed by atoms with van der Waals surface area (Å²) in [5.74, 6) is -0.604. The first-order valence-corrected chi connectivity index (χ1v) is 10.5. The Morgan fingerprint density at radius 1 is 1.13 bits per heavy atom. The number of carbonyl (C=O) groups excluding carboxylic acids is 2. The Morgan fingerprint density at radius 2 is 1.80 bits per heavy atom. The first-order chi connectivity index (χ1) is 14.1. The van der Waals surface area contributed by atoms with Crippen LogP contribution in [0.4, 0.5) is 11.4 Å².